The van der Waals surface area contributed by atoms with E-state index in [1.54, 1.807) is 0 Å². The quantitative estimate of drug-likeness (QED) is 0.740. The number of nitrogens with zero attached hydrogens (tertiary/aromatic N) is 2. The Morgan fingerprint density at radius 1 is 1.41 bits per heavy atom. The maximum Gasteiger partial charge on any atom is 0.168 e. The molecule has 2 aromatic heterocycles. The molecule has 0 atom stereocenters. The highest BCUT2D eigenvalue weighted by Gasteiger charge is 2.24. The average Bonchev–Trinajstić information content (AvgIpc) is 2.95. The summed E-state index contributed by atoms with van der Waals surface area (Å²) in [5.41, 5.74) is 3.80. The second kappa shape index (κ2) is 3.99. The van der Waals surface area contributed by atoms with Crippen molar-refractivity contribution < 1.29 is 4.79 Å². The van der Waals surface area contributed by atoms with Crippen LogP contribution in [-0.2, 0) is 0 Å². The first-order valence-corrected chi connectivity index (χ1v) is 6.24. The van der Waals surface area contributed by atoms with Gasteiger partial charge in [0, 0.05) is 12.1 Å². The molecule has 1 fully saturated rings. The van der Waals surface area contributed by atoms with Crippen LogP contribution in [-0.4, -0.2) is 15.7 Å². The molecular formula is C14H16N2O. The van der Waals surface area contributed by atoms with Gasteiger partial charge in [-0.3, -0.25) is 9.20 Å². The molecule has 0 amide bonds. The largest absolute Gasteiger partial charge is 0.297 e. The molecule has 0 bridgehead atoms. The van der Waals surface area contributed by atoms with E-state index in [1.807, 2.05) is 29.7 Å². The van der Waals surface area contributed by atoms with Crippen LogP contribution in [0.2, 0.25) is 0 Å². The lowest BCUT2D eigenvalue weighted by molar-refractivity contribution is 0.111. The monoisotopic (exact) mass is 228 g/mol. The van der Waals surface area contributed by atoms with Crippen molar-refractivity contribution in [2.24, 2.45) is 0 Å². The lowest BCUT2D eigenvalue weighted by Gasteiger charge is -2.05. The predicted octanol–water partition coefficient (Wildman–Crippen LogP) is 3.11. The molecule has 2 heterocycles. The lowest BCUT2D eigenvalue weighted by Crippen LogP contribution is -1.99. The Bertz CT molecular complexity index is 565. The highest BCUT2D eigenvalue weighted by molar-refractivity contribution is 5.77. The Balaban J connectivity index is 2.23. The minimum atomic E-state index is 0.481. The van der Waals surface area contributed by atoms with E-state index in [1.165, 1.54) is 25.7 Å². The lowest BCUT2D eigenvalue weighted by atomic mass is 10.0. The van der Waals surface area contributed by atoms with Crippen molar-refractivity contribution in [3.05, 3.63) is 35.3 Å². The van der Waals surface area contributed by atoms with Gasteiger partial charge in [-0.25, -0.2) is 4.98 Å². The molecule has 1 aliphatic carbocycles. The van der Waals surface area contributed by atoms with Gasteiger partial charge in [0.1, 0.15) is 11.3 Å². The van der Waals surface area contributed by atoms with Crippen LogP contribution in [0, 0.1) is 6.92 Å². The molecule has 0 aromatic carbocycles. The molecule has 0 aliphatic heterocycles. The van der Waals surface area contributed by atoms with Gasteiger partial charge in [-0.2, -0.15) is 0 Å². The summed E-state index contributed by atoms with van der Waals surface area (Å²) in [7, 11) is 0. The first-order valence-electron chi connectivity index (χ1n) is 6.24. The molecule has 0 spiro atoms. The maximum atomic E-state index is 11.3. The van der Waals surface area contributed by atoms with Gasteiger partial charge in [0.05, 0.1) is 5.69 Å². The zero-order chi connectivity index (χ0) is 11.8. The number of rotatable bonds is 2. The molecule has 3 rings (SSSR count). The van der Waals surface area contributed by atoms with Crippen molar-refractivity contribution in [3.8, 4) is 0 Å². The topological polar surface area (TPSA) is 34.4 Å². The maximum absolute atomic E-state index is 11.3. The van der Waals surface area contributed by atoms with Crippen LogP contribution in [0.25, 0.3) is 5.65 Å². The Kier molecular flexibility index (Phi) is 2.46. The first-order chi connectivity index (χ1) is 8.31. The van der Waals surface area contributed by atoms with E-state index in [-0.39, 0.29) is 0 Å². The van der Waals surface area contributed by atoms with Crippen molar-refractivity contribution in [1.82, 2.24) is 9.38 Å². The highest BCUT2D eigenvalue weighted by atomic mass is 16.1. The van der Waals surface area contributed by atoms with Gasteiger partial charge < -0.3 is 0 Å². The van der Waals surface area contributed by atoms with Crippen LogP contribution in [0.3, 0.4) is 0 Å². The standard InChI is InChI=1S/C14H16N2O/c1-10-5-4-8-16-12(9-17)13(15-14(10)16)11-6-2-3-7-11/h4-5,8-9,11H,2-3,6-7H2,1H3. The van der Waals surface area contributed by atoms with Crippen LogP contribution in [0.4, 0.5) is 0 Å². The van der Waals surface area contributed by atoms with Gasteiger partial charge >= 0.3 is 0 Å². The Morgan fingerprint density at radius 2 is 2.18 bits per heavy atom. The number of hydrogen-bond acceptors (Lipinski definition) is 2. The molecule has 2 aromatic rings. The van der Waals surface area contributed by atoms with Gasteiger partial charge in [-0.05, 0) is 31.4 Å². The summed E-state index contributed by atoms with van der Waals surface area (Å²) in [6, 6.07) is 4.00. The molecule has 1 saturated carbocycles. The second-order valence-electron chi connectivity index (χ2n) is 4.87. The Morgan fingerprint density at radius 3 is 2.88 bits per heavy atom. The number of imidazole rings is 1. The van der Waals surface area contributed by atoms with E-state index in [0.29, 0.717) is 5.92 Å². The number of pyridine rings is 1. The normalized spacial score (nSPS) is 16.8. The van der Waals surface area contributed by atoms with Gasteiger partial charge in [-0.15, -0.1) is 0 Å². The number of carbonyl (C=O) groups is 1. The van der Waals surface area contributed by atoms with Gasteiger partial charge in [0.2, 0.25) is 0 Å². The van der Waals surface area contributed by atoms with Crippen molar-refractivity contribution in [1.29, 1.82) is 0 Å². The number of hydrogen-bond donors (Lipinski definition) is 0. The minimum absolute atomic E-state index is 0.481. The smallest absolute Gasteiger partial charge is 0.168 e. The van der Waals surface area contributed by atoms with Crippen LogP contribution in [0.5, 0.6) is 0 Å². The summed E-state index contributed by atoms with van der Waals surface area (Å²) < 4.78 is 1.93. The second-order valence-corrected chi connectivity index (χ2v) is 4.87. The van der Waals surface area contributed by atoms with E-state index in [9.17, 15) is 4.79 Å². The predicted molar refractivity (Wildman–Crippen MR) is 66.5 cm³/mol. The van der Waals surface area contributed by atoms with Crippen LogP contribution < -0.4 is 0 Å². The summed E-state index contributed by atoms with van der Waals surface area (Å²) in [4.78, 5) is 16.0. The number of aromatic nitrogens is 2. The summed E-state index contributed by atoms with van der Waals surface area (Å²) in [5.74, 6) is 0.481. The Labute approximate surface area is 100 Å². The van der Waals surface area contributed by atoms with E-state index in [0.717, 1.165) is 28.9 Å². The minimum Gasteiger partial charge on any atom is -0.297 e. The number of carbonyl (C=O) groups excluding carboxylic acids is 1. The summed E-state index contributed by atoms with van der Waals surface area (Å²) in [6.07, 6.45) is 7.74. The van der Waals surface area contributed by atoms with Crippen molar-refractivity contribution >= 4 is 11.9 Å². The fraction of sp³-hybridized carbons (Fsp3) is 0.429. The van der Waals surface area contributed by atoms with Crippen molar-refractivity contribution in [3.63, 3.8) is 0 Å². The molecule has 0 saturated heterocycles. The number of aryl methyl sites for hydroxylation is 1. The molecule has 0 unspecified atom stereocenters. The van der Waals surface area contributed by atoms with E-state index < -0.39 is 0 Å². The van der Waals surface area contributed by atoms with Gasteiger partial charge in [-0.1, -0.05) is 18.9 Å². The molecular weight excluding hydrogens is 212 g/mol. The first kappa shape index (κ1) is 10.5. The summed E-state index contributed by atoms with van der Waals surface area (Å²) in [6.45, 7) is 2.04. The average molecular weight is 228 g/mol. The highest BCUT2D eigenvalue weighted by Crippen LogP contribution is 2.35. The summed E-state index contributed by atoms with van der Waals surface area (Å²) in [5, 5.41) is 0. The van der Waals surface area contributed by atoms with E-state index in [2.05, 4.69) is 0 Å². The molecule has 3 heteroatoms. The van der Waals surface area contributed by atoms with E-state index >= 15 is 0 Å². The fourth-order valence-electron chi connectivity index (χ4n) is 2.86. The van der Waals surface area contributed by atoms with Crippen molar-refractivity contribution in [2.75, 3.05) is 0 Å². The zero-order valence-electron chi connectivity index (χ0n) is 10.0. The van der Waals surface area contributed by atoms with Gasteiger partial charge in [0.25, 0.3) is 0 Å². The molecule has 0 radical (unpaired) electrons. The molecule has 0 N–H and O–H groups in total. The molecule has 17 heavy (non-hydrogen) atoms. The van der Waals surface area contributed by atoms with Crippen LogP contribution >= 0.6 is 0 Å². The number of fused-ring (bicyclic) bond motifs is 1. The van der Waals surface area contributed by atoms with Gasteiger partial charge in [0.15, 0.2) is 6.29 Å². The van der Waals surface area contributed by atoms with Crippen LogP contribution in [0.15, 0.2) is 18.3 Å². The summed E-state index contributed by atoms with van der Waals surface area (Å²) >= 11 is 0. The third-order valence-corrected chi connectivity index (χ3v) is 3.76. The fourth-order valence-corrected chi connectivity index (χ4v) is 2.86. The third kappa shape index (κ3) is 1.57. The third-order valence-electron chi connectivity index (χ3n) is 3.76. The molecule has 3 nitrogen and oxygen atoms in total. The van der Waals surface area contributed by atoms with E-state index in [4.69, 9.17) is 4.98 Å². The van der Waals surface area contributed by atoms with Crippen LogP contribution in [0.1, 0.15) is 53.3 Å². The Hall–Kier alpha value is -1.64. The van der Waals surface area contributed by atoms with Crippen molar-refractivity contribution in [2.45, 2.75) is 38.5 Å². The molecule has 1 aliphatic rings. The SMILES string of the molecule is Cc1cccn2c(C=O)c(C3CCCC3)nc12. The molecule has 88 valence electrons. The number of aldehydes is 1. The zero-order valence-corrected chi connectivity index (χ0v) is 10.0.